The van der Waals surface area contributed by atoms with E-state index in [9.17, 15) is 9.59 Å². The van der Waals surface area contributed by atoms with E-state index in [1.54, 1.807) is 6.26 Å². The Kier molecular flexibility index (Phi) is 6.57. The molecule has 0 bridgehead atoms. The van der Waals surface area contributed by atoms with Crippen molar-refractivity contribution in [2.24, 2.45) is 0 Å². The van der Waals surface area contributed by atoms with Gasteiger partial charge in [-0.2, -0.15) is 0 Å². The van der Waals surface area contributed by atoms with Crippen LogP contribution in [0.1, 0.15) is 22.5 Å². The van der Waals surface area contributed by atoms with Gasteiger partial charge in [0.1, 0.15) is 0 Å². The molecule has 2 N–H and O–H groups in total. The number of hydrogen-bond donors (Lipinski definition) is 2. The van der Waals surface area contributed by atoms with E-state index in [0.29, 0.717) is 5.16 Å². The van der Waals surface area contributed by atoms with Crippen LogP contribution in [-0.2, 0) is 4.79 Å². The van der Waals surface area contributed by atoms with Crippen LogP contribution in [0.25, 0.3) is 0 Å². The zero-order valence-electron chi connectivity index (χ0n) is 13.3. The number of rotatable bonds is 6. The molecule has 126 valence electrons. The molecule has 0 radical (unpaired) electrons. The minimum absolute atomic E-state index is 0.107. The minimum Gasteiger partial charge on any atom is -0.350 e. The Morgan fingerprint density at radius 3 is 2.75 bits per heavy atom. The van der Waals surface area contributed by atoms with Gasteiger partial charge in [-0.1, -0.05) is 41.6 Å². The van der Waals surface area contributed by atoms with Crippen LogP contribution in [0.5, 0.6) is 0 Å². The average Bonchev–Trinajstić information content (AvgIpc) is 2.57. The molecule has 0 saturated carbocycles. The third-order valence-electron chi connectivity index (χ3n) is 3.18. The first-order valence-electron chi connectivity index (χ1n) is 7.21. The second-order valence-corrected chi connectivity index (χ2v) is 6.10. The Morgan fingerprint density at radius 2 is 2.04 bits per heavy atom. The van der Waals surface area contributed by atoms with Crippen LogP contribution in [0.4, 0.5) is 5.69 Å². The molecule has 0 saturated heterocycles. The number of hydrogen-bond acceptors (Lipinski definition) is 5. The number of nitrogens with one attached hydrogen (secondary N) is 2. The highest BCUT2D eigenvalue weighted by atomic mass is 35.5. The van der Waals surface area contributed by atoms with Gasteiger partial charge in [0.05, 0.1) is 11.2 Å². The number of nitrogens with zero attached hydrogens (tertiary/aromatic N) is 2. The molecule has 1 aromatic carbocycles. The predicted molar refractivity (Wildman–Crippen MR) is 95.6 cm³/mol. The molecule has 2 aromatic rings. The second kappa shape index (κ2) is 8.65. The third kappa shape index (κ3) is 4.94. The fourth-order valence-corrected chi connectivity index (χ4v) is 2.43. The van der Waals surface area contributed by atoms with E-state index in [-0.39, 0.29) is 29.6 Å². The molecule has 8 heteroatoms. The number of carbonyl (C=O) groups is 2. The minimum atomic E-state index is -0.429. The van der Waals surface area contributed by atoms with Gasteiger partial charge in [0.2, 0.25) is 5.91 Å². The lowest BCUT2D eigenvalue weighted by Gasteiger charge is -2.09. The summed E-state index contributed by atoms with van der Waals surface area (Å²) in [7, 11) is 0. The van der Waals surface area contributed by atoms with Crippen LogP contribution < -0.4 is 10.6 Å². The molecule has 0 spiro atoms. The Balaban J connectivity index is 1.86. The van der Waals surface area contributed by atoms with Gasteiger partial charge in [-0.05, 0) is 24.8 Å². The fourth-order valence-electron chi connectivity index (χ4n) is 1.91. The maximum absolute atomic E-state index is 12.1. The highest BCUT2D eigenvalue weighted by molar-refractivity contribution is 7.98. The molecule has 6 nitrogen and oxygen atoms in total. The Labute approximate surface area is 149 Å². The largest absolute Gasteiger partial charge is 0.350 e. The summed E-state index contributed by atoms with van der Waals surface area (Å²) >= 11 is 7.26. The first kappa shape index (κ1) is 18.2. The lowest BCUT2D eigenvalue weighted by atomic mass is 10.2. The molecular formula is C16H17ClN4O2S. The van der Waals surface area contributed by atoms with Crippen molar-refractivity contribution in [1.29, 1.82) is 0 Å². The van der Waals surface area contributed by atoms with Crippen LogP contribution in [0, 0.1) is 6.92 Å². The van der Waals surface area contributed by atoms with Gasteiger partial charge >= 0.3 is 0 Å². The molecule has 2 rings (SSSR count). The number of aryl methyl sites for hydroxylation is 1. The van der Waals surface area contributed by atoms with Crippen molar-refractivity contribution in [2.45, 2.75) is 18.5 Å². The van der Waals surface area contributed by atoms with Crippen molar-refractivity contribution >= 4 is 40.9 Å². The van der Waals surface area contributed by atoms with Gasteiger partial charge in [0, 0.05) is 18.7 Å². The van der Waals surface area contributed by atoms with E-state index in [1.807, 2.05) is 31.2 Å². The second-order valence-electron chi connectivity index (χ2n) is 4.92. The fraction of sp³-hybridized carbons (Fsp3) is 0.250. The molecule has 0 unspecified atom stereocenters. The van der Waals surface area contributed by atoms with Gasteiger partial charge < -0.3 is 10.6 Å². The Bertz CT molecular complexity index is 755. The molecule has 0 aliphatic carbocycles. The number of carbonyl (C=O) groups excluding carboxylic acids is 2. The van der Waals surface area contributed by atoms with E-state index in [2.05, 4.69) is 20.6 Å². The predicted octanol–water partition coefficient (Wildman–Crippen LogP) is 2.92. The summed E-state index contributed by atoms with van der Waals surface area (Å²) in [5, 5.41) is 6.08. The van der Waals surface area contributed by atoms with Crippen molar-refractivity contribution in [3.8, 4) is 0 Å². The van der Waals surface area contributed by atoms with E-state index in [4.69, 9.17) is 11.6 Å². The summed E-state index contributed by atoms with van der Waals surface area (Å²) in [4.78, 5) is 32.1. The molecule has 0 aliphatic heterocycles. The van der Waals surface area contributed by atoms with Crippen molar-refractivity contribution < 1.29 is 9.59 Å². The summed E-state index contributed by atoms with van der Waals surface area (Å²) in [6.45, 7) is 2.10. The molecule has 0 atom stereocenters. The SMILES string of the molecule is CSc1ncc(Cl)c(C(=O)NCCC(=O)Nc2ccccc2C)n1. The summed E-state index contributed by atoms with van der Waals surface area (Å²) in [6, 6.07) is 7.50. The summed E-state index contributed by atoms with van der Waals surface area (Å²) in [5.74, 6) is -0.607. The zero-order chi connectivity index (χ0) is 17.5. The van der Waals surface area contributed by atoms with Gasteiger partial charge in [0.15, 0.2) is 10.9 Å². The lowest BCUT2D eigenvalue weighted by Crippen LogP contribution is -2.28. The van der Waals surface area contributed by atoms with Crippen molar-refractivity contribution in [3.63, 3.8) is 0 Å². The van der Waals surface area contributed by atoms with Crippen molar-refractivity contribution in [3.05, 3.63) is 46.7 Å². The molecule has 24 heavy (non-hydrogen) atoms. The Morgan fingerprint density at radius 1 is 1.29 bits per heavy atom. The zero-order valence-corrected chi connectivity index (χ0v) is 14.9. The summed E-state index contributed by atoms with van der Waals surface area (Å²) in [6.07, 6.45) is 3.35. The number of halogens is 1. The molecular weight excluding hydrogens is 348 g/mol. The smallest absolute Gasteiger partial charge is 0.271 e. The van der Waals surface area contributed by atoms with E-state index in [0.717, 1.165) is 11.3 Å². The normalized spacial score (nSPS) is 10.3. The van der Waals surface area contributed by atoms with Crippen molar-refractivity contribution in [1.82, 2.24) is 15.3 Å². The van der Waals surface area contributed by atoms with Crippen molar-refractivity contribution in [2.75, 3.05) is 18.1 Å². The lowest BCUT2D eigenvalue weighted by molar-refractivity contribution is -0.116. The highest BCUT2D eigenvalue weighted by Crippen LogP contribution is 2.16. The highest BCUT2D eigenvalue weighted by Gasteiger charge is 2.14. The van der Waals surface area contributed by atoms with E-state index in [1.165, 1.54) is 18.0 Å². The summed E-state index contributed by atoms with van der Waals surface area (Å²) in [5.41, 5.74) is 1.85. The standard InChI is InChI=1S/C16H17ClN4O2S/c1-10-5-3-4-6-12(10)20-13(22)7-8-18-15(23)14-11(17)9-19-16(21-14)24-2/h3-6,9H,7-8H2,1-2H3,(H,18,23)(H,20,22). The van der Waals surface area contributed by atoms with Crippen LogP contribution in [0.3, 0.4) is 0 Å². The quantitative estimate of drug-likeness (QED) is 0.608. The average molecular weight is 365 g/mol. The first-order chi connectivity index (χ1) is 11.5. The molecule has 1 heterocycles. The third-order valence-corrected chi connectivity index (χ3v) is 4.01. The van der Waals surface area contributed by atoms with Crippen LogP contribution >= 0.6 is 23.4 Å². The number of para-hydroxylation sites is 1. The molecule has 0 fully saturated rings. The first-order valence-corrected chi connectivity index (χ1v) is 8.81. The van der Waals surface area contributed by atoms with E-state index >= 15 is 0 Å². The maximum Gasteiger partial charge on any atom is 0.271 e. The number of thioether (sulfide) groups is 1. The number of benzene rings is 1. The van der Waals surface area contributed by atoms with Crippen LogP contribution in [0.15, 0.2) is 35.6 Å². The summed E-state index contributed by atoms with van der Waals surface area (Å²) < 4.78 is 0. The number of amides is 2. The topological polar surface area (TPSA) is 84.0 Å². The maximum atomic E-state index is 12.1. The van der Waals surface area contributed by atoms with E-state index < -0.39 is 5.91 Å². The van der Waals surface area contributed by atoms with Gasteiger partial charge in [-0.25, -0.2) is 9.97 Å². The van der Waals surface area contributed by atoms with Crippen LogP contribution in [0.2, 0.25) is 5.02 Å². The van der Waals surface area contributed by atoms with Gasteiger partial charge in [-0.3, -0.25) is 9.59 Å². The molecule has 0 aliphatic rings. The number of anilines is 1. The molecule has 2 amide bonds. The monoisotopic (exact) mass is 364 g/mol. The van der Waals surface area contributed by atoms with Gasteiger partial charge in [0.25, 0.3) is 5.91 Å². The number of aromatic nitrogens is 2. The van der Waals surface area contributed by atoms with Crippen LogP contribution in [-0.4, -0.2) is 34.6 Å². The van der Waals surface area contributed by atoms with Gasteiger partial charge in [-0.15, -0.1) is 0 Å². The Hall–Kier alpha value is -2.12. The molecule has 1 aromatic heterocycles.